The van der Waals surface area contributed by atoms with Crippen LogP contribution in [0.5, 0.6) is 0 Å². The normalized spacial score (nSPS) is 22.9. The Balaban J connectivity index is 1.84. The molecule has 106 valence electrons. The van der Waals surface area contributed by atoms with Crippen LogP contribution in [0.4, 0.5) is 11.5 Å². The number of aryl methyl sites for hydroxylation is 1. The number of likely N-dealkylation sites (N-methyl/N-ethyl adjacent to an activating group) is 1. The summed E-state index contributed by atoms with van der Waals surface area (Å²) < 4.78 is 3.24. The summed E-state index contributed by atoms with van der Waals surface area (Å²) in [6, 6.07) is 0. The van der Waals surface area contributed by atoms with E-state index in [-0.39, 0.29) is 0 Å². The molecule has 0 aromatic carbocycles. The molecule has 3 heterocycles. The van der Waals surface area contributed by atoms with Gasteiger partial charge >= 0.3 is 0 Å². The Morgan fingerprint density at radius 2 is 1.89 bits per heavy atom. The van der Waals surface area contributed by atoms with Crippen molar-refractivity contribution in [3.63, 3.8) is 0 Å². The van der Waals surface area contributed by atoms with Gasteiger partial charge in [-0.05, 0) is 19.3 Å². The molecule has 0 atom stereocenters. The van der Waals surface area contributed by atoms with Crippen LogP contribution in [0.1, 0.15) is 25.0 Å². The quantitative estimate of drug-likeness (QED) is 0.772. The van der Waals surface area contributed by atoms with Gasteiger partial charge in [0.2, 0.25) is 0 Å². The van der Waals surface area contributed by atoms with Crippen LogP contribution in [0.3, 0.4) is 0 Å². The summed E-state index contributed by atoms with van der Waals surface area (Å²) in [6.07, 6.45) is 4.79. The molecular weight excluding hydrogens is 238 g/mol. The van der Waals surface area contributed by atoms with E-state index in [1.807, 2.05) is 0 Å². The van der Waals surface area contributed by atoms with Gasteiger partial charge < -0.3 is 15.1 Å². The minimum absolute atomic E-state index is 0.937. The van der Waals surface area contributed by atoms with Crippen LogP contribution < -0.4 is 10.6 Å². The second-order valence-electron chi connectivity index (χ2n) is 6.59. The molecule has 1 aromatic heterocycles. The molecule has 0 radical (unpaired) electrons. The van der Waals surface area contributed by atoms with Crippen molar-refractivity contribution >= 4 is 11.5 Å². The Bertz CT molecular complexity index is 463. The van der Waals surface area contributed by atoms with E-state index in [1.165, 1.54) is 38.0 Å². The van der Waals surface area contributed by atoms with E-state index in [4.69, 9.17) is 10.8 Å². The molecule has 5 nitrogen and oxygen atoms in total. The molecule has 0 bridgehead atoms. The van der Waals surface area contributed by atoms with Crippen LogP contribution >= 0.6 is 0 Å². The molecule has 5 heteroatoms. The summed E-state index contributed by atoms with van der Waals surface area (Å²) in [6.45, 7) is 5.59. The van der Waals surface area contributed by atoms with Crippen LogP contribution in [0.25, 0.3) is 0 Å². The topological polar surface area (TPSA) is 47.1 Å². The number of nitrogens with zero attached hydrogens (tertiary/aromatic N) is 4. The lowest BCUT2D eigenvalue weighted by atomic mass is 10.1. The molecule has 1 fully saturated rings. The van der Waals surface area contributed by atoms with Crippen LogP contribution in [-0.2, 0) is 13.0 Å². The number of hydrogen-bond acceptors (Lipinski definition) is 3. The van der Waals surface area contributed by atoms with E-state index < -0.39 is 0 Å². The van der Waals surface area contributed by atoms with E-state index in [1.54, 1.807) is 0 Å². The molecule has 0 aliphatic carbocycles. The minimum Gasteiger partial charge on any atom is -0.394 e. The van der Waals surface area contributed by atoms with Gasteiger partial charge in [-0.25, -0.2) is 0 Å². The average Bonchev–Trinajstić information content (AvgIpc) is 2.60. The van der Waals surface area contributed by atoms with Crippen molar-refractivity contribution in [3.8, 4) is 0 Å². The molecule has 0 spiro atoms. The number of anilines is 2. The first-order valence-electron chi connectivity index (χ1n) is 7.49. The van der Waals surface area contributed by atoms with Crippen molar-refractivity contribution in [2.45, 2.75) is 32.2 Å². The summed E-state index contributed by atoms with van der Waals surface area (Å²) >= 11 is 0. The average molecular weight is 264 g/mol. The zero-order chi connectivity index (χ0) is 13.5. The predicted molar refractivity (Wildman–Crippen MR) is 78.2 cm³/mol. The molecule has 1 saturated heterocycles. The zero-order valence-electron chi connectivity index (χ0n) is 12.2. The lowest BCUT2D eigenvalue weighted by Gasteiger charge is -2.28. The maximum absolute atomic E-state index is 6.34. The van der Waals surface area contributed by atoms with E-state index >= 15 is 0 Å². The highest BCUT2D eigenvalue weighted by Gasteiger charge is 2.26. The van der Waals surface area contributed by atoms with Crippen molar-refractivity contribution in [3.05, 3.63) is 5.69 Å². The Morgan fingerprint density at radius 1 is 1.05 bits per heavy atom. The van der Waals surface area contributed by atoms with Gasteiger partial charge in [0.05, 0.1) is 45.1 Å². The Hall–Kier alpha value is -1.23. The number of nitrogen functional groups attached to an aromatic ring is 1. The van der Waals surface area contributed by atoms with Gasteiger partial charge in [0.15, 0.2) is 5.82 Å². The van der Waals surface area contributed by atoms with Crippen molar-refractivity contribution in [1.29, 1.82) is 0 Å². The Morgan fingerprint density at radius 3 is 2.68 bits per heavy atom. The van der Waals surface area contributed by atoms with Crippen LogP contribution in [0.15, 0.2) is 0 Å². The highest BCUT2D eigenvalue weighted by molar-refractivity contribution is 5.66. The second-order valence-corrected chi connectivity index (χ2v) is 6.59. The molecular formula is C14H26N5+. The van der Waals surface area contributed by atoms with Gasteiger partial charge in [-0.1, -0.05) is 0 Å². The second kappa shape index (κ2) is 4.71. The van der Waals surface area contributed by atoms with E-state index in [0.29, 0.717) is 0 Å². The maximum atomic E-state index is 6.34. The molecule has 0 unspecified atom stereocenters. The molecule has 2 aliphatic heterocycles. The van der Waals surface area contributed by atoms with Gasteiger partial charge in [0.1, 0.15) is 0 Å². The van der Waals surface area contributed by atoms with Crippen molar-refractivity contribution in [2.24, 2.45) is 0 Å². The summed E-state index contributed by atoms with van der Waals surface area (Å²) in [5.74, 6) is 1.04. The first-order chi connectivity index (χ1) is 9.07. The van der Waals surface area contributed by atoms with Crippen molar-refractivity contribution in [1.82, 2.24) is 9.78 Å². The highest BCUT2D eigenvalue weighted by Crippen LogP contribution is 2.30. The van der Waals surface area contributed by atoms with Gasteiger partial charge in [0.25, 0.3) is 0 Å². The lowest BCUT2D eigenvalue weighted by Crippen LogP contribution is -2.42. The fraction of sp³-hybridized carbons (Fsp3) is 0.786. The Labute approximate surface area is 115 Å². The largest absolute Gasteiger partial charge is 0.394 e. The van der Waals surface area contributed by atoms with Crippen LogP contribution in [0, 0.1) is 0 Å². The molecule has 0 saturated carbocycles. The molecule has 2 N–H and O–H groups in total. The van der Waals surface area contributed by atoms with Gasteiger partial charge in [-0.3, -0.25) is 4.68 Å². The summed E-state index contributed by atoms with van der Waals surface area (Å²) in [5, 5.41) is 4.77. The maximum Gasteiger partial charge on any atom is 0.174 e. The smallest absolute Gasteiger partial charge is 0.174 e. The molecule has 0 amide bonds. The number of fused-ring (bicyclic) bond motifs is 1. The third kappa shape index (κ3) is 2.43. The number of rotatable bonds is 1. The van der Waals surface area contributed by atoms with Crippen molar-refractivity contribution in [2.75, 3.05) is 50.9 Å². The monoisotopic (exact) mass is 264 g/mol. The first-order valence-corrected chi connectivity index (χ1v) is 7.49. The minimum atomic E-state index is 0.937. The number of quaternary nitrogens is 1. The number of hydrogen-bond donors (Lipinski definition) is 1. The molecule has 3 rings (SSSR count). The standard InChI is InChI=1S/C14H26N5/c1-19(2)10-5-7-17(9-11-19)14-13(15)12-6-3-4-8-18(12)16-14/h3-11,15H2,1-2H3/q+1. The summed E-state index contributed by atoms with van der Waals surface area (Å²) in [7, 11) is 4.62. The first kappa shape index (κ1) is 12.8. The SMILES string of the molecule is C[N+]1(C)CCCN(c2nn3c(c2N)CCCC3)CC1. The van der Waals surface area contributed by atoms with Crippen LogP contribution in [-0.4, -0.2) is 54.5 Å². The fourth-order valence-corrected chi connectivity index (χ4v) is 3.25. The number of nitrogens with two attached hydrogens (primary N) is 1. The third-order valence-corrected chi connectivity index (χ3v) is 4.58. The van der Waals surface area contributed by atoms with Gasteiger partial charge in [0, 0.05) is 19.5 Å². The zero-order valence-corrected chi connectivity index (χ0v) is 12.2. The predicted octanol–water partition coefficient (Wildman–Crippen LogP) is 1.09. The van der Waals surface area contributed by atoms with E-state index in [0.717, 1.165) is 42.0 Å². The molecule has 19 heavy (non-hydrogen) atoms. The Kier molecular flexibility index (Phi) is 3.17. The van der Waals surface area contributed by atoms with E-state index in [2.05, 4.69) is 23.7 Å². The lowest BCUT2D eigenvalue weighted by molar-refractivity contribution is -0.887. The fourth-order valence-electron chi connectivity index (χ4n) is 3.25. The van der Waals surface area contributed by atoms with Crippen molar-refractivity contribution < 1.29 is 4.48 Å². The van der Waals surface area contributed by atoms with Crippen LogP contribution in [0.2, 0.25) is 0 Å². The highest BCUT2D eigenvalue weighted by atomic mass is 15.4. The number of aromatic nitrogens is 2. The van der Waals surface area contributed by atoms with E-state index in [9.17, 15) is 0 Å². The van der Waals surface area contributed by atoms with Gasteiger partial charge in [-0.2, -0.15) is 5.10 Å². The summed E-state index contributed by atoms with van der Waals surface area (Å²) in [4.78, 5) is 2.40. The summed E-state index contributed by atoms with van der Waals surface area (Å²) in [5.41, 5.74) is 8.54. The molecule has 1 aromatic rings. The third-order valence-electron chi connectivity index (χ3n) is 4.58. The van der Waals surface area contributed by atoms with Gasteiger partial charge in [-0.15, -0.1) is 0 Å². The molecule has 2 aliphatic rings.